The predicted octanol–water partition coefficient (Wildman–Crippen LogP) is 2.88. The van der Waals surface area contributed by atoms with Crippen LogP contribution < -0.4 is 10.2 Å². The first-order valence-electron chi connectivity index (χ1n) is 11.9. The molecule has 1 atom stereocenters. The van der Waals surface area contributed by atoms with E-state index >= 15 is 0 Å². The lowest BCUT2D eigenvalue weighted by Gasteiger charge is -2.34. The first-order valence-corrected chi connectivity index (χ1v) is 11.9. The van der Waals surface area contributed by atoms with Gasteiger partial charge in [-0.2, -0.15) is 0 Å². The van der Waals surface area contributed by atoms with Gasteiger partial charge in [-0.3, -0.25) is 24.3 Å². The average molecular weight is 460 g/mol. The molecule has 7 heteroatoms. The van der Waals surface area contributed by atoms with Crippen molar-refractivity contribution in [3.63, 3.8) is 0 Å². The minimum absolute atomic E-state index is 0.00330. The van der Waals surface area contributed by atoms with E-state index < -0.39 is 0 Å². The third-order valence-corrected chi connectivity index (χ3v) is 7.24. The van der Waals surface area contributed by atoms with Crippen LogP contribution in [0.4, 0.5) is 5.69 Å². The van der Waals surface area contributed by atoms with Crippen molar-refractivity contribution in [3.8, 4) is 5.75 Å². The number of ether oxygens (including phenoxy) is 1. The van der Waals surface area contributed by atoms with Crippen LogP contribution in [0.5, 0.6) is 5.75 Å². The van der Waals surface area contributed by atoms with Gasteiger partial charge in [0.15, 0.2) is 11.2 Å². The molecule has 2 saturated heterocycles. The number of likely N-dealkylation sites (tertiary alicyclic amines) is 2. The number of methoxy groups -OCH3 is 1. The van der Waals surface area contributed by atoms with Crippen molar-refractivity contribution >= 4 is 23.1 Å². The molecule has 2 aromatic rings. The number of Topliss-reactive ketones (excluding diaryl/α,β-unsaturated/α-hetero) is 1. The summed E-state index contributed by atoms with van der Waals surface area (Å²) < 4.78 is 5.18. The fraction of sp³-hybridized carbons (Fsp3) is 0.407. The number of piperidine rings is 1. The number of hydrogen-bond acceptors (Lipinski definition) is 6. The van der Waals surface area contributed by atoms with Crippen molar-refractivity contribution < 1.29 is 14.3 Å². The van der Waals surface area contributed by atoms with E-state index in [9.17, 15) is 14.4 Å². The zero-order valence-corrected chi connectivity index (χ0v) is 19.4. The Bertz CT molecular complexity index is 1180. The fourth-order valence-corrected chi connectivity index (χ4v) is 5.31. The van der Waals surface area contributed by atoms with Crippen LogP contribution in [0.2, 0.25) is 0 Å². The molecule has 5 rings (SSSR count). The molecule has 0 unspecified atom stereocenters. The standard InChI is InChI=1S/C27H29N3O4/c1-34-21-8-6-18(7-9-21)26(32)19-10-13-29(14-11-19)24-12-15-30(27(24)33)17-20-16-22-23(28-20)4-2-3-5-25(22)31/h2-9,19,24H,10-17H2,1H3/t24-/m0/s1. The van der Waals surface area contributed by atoms with Gasteiger partial charge in [-0.1, -0.05) is 12.1 Å². The zero-order chi connectivity index (χ0) is 23.7. The summed E-state index contributed by atoms with van der Waals surface area (Å²) in [5.41, 5.74) is 3.02. The highest BCUT2D eigenvalue weighted by atomic mass is 16.5. The van der Waals surface area contributed by atoms with Gasteiger partial charge < -0.3 is 9.64 Å². The maximum Gasteiger partial charge on any atom is 0.240 e. The first kappa shape index (κ1) is 22.5. The molecule has 176 valence electrons. The SMILES string of the molecule is COc1ccc(C(=O)C2CCN([C@H]3CCN(CC4=Nc5ccccc(=O)c5C4)C3=O)CC2)cc1. The van der Waals surface area contributed by atoms with Gasteiger partial charge in [0, 0.05) is 35.7 Å². The van der Waals surface area contributed by atoms with E-state index in [2.05, 4.69) is 9.89 Å². The van der Waals surface area contributed by atoms with E-state index in [0.29, 0.717) is 25.1 Å². The number of fused-ring (bicyclic) bond motifs is 1. The molecule has 3 aliphatic rings. The molecular formula is C27H29N3O4. The van der Waals surface area contributed by atoms with E-state index in [1.807, 2.05) is 41.3 Å². The van der Waals surface area contributed by atoms with Crippen molar-refractivity contribution in [1.29, 1.82) is 0 Å². The predicted molar refractivity (Wildman–Crippen MR) is 130 cm³/mol. The fourth-order valence-electron chi connectivity index (χ4n) is 5.31. The summed E-state index contributed by atoms with van der Waals surface area (Å²) in [7, 11) is 1.61. The third kappa shape index (κ3) is 4.40. The number of carbonyl (C=O) groups excluding carboxylic acids is 2. The van der Waals surface area contributed by atoms with Gasteiger partial charge in [-0.25, -0.2) is 0 Å². The smallest absolute Gasteiger partial charge is 0.240 e. The molecule has 7 nitrogen and oxygen atoms in total. The lowest BCUT2D eigenvalue weighted by Crippen LogP contribution is -2.47. The van der Waals surface area contributed by atoms with Crippen LogP contribution in [-0.2, 0) is 11.2 Å². The molecule has 2 fully saturated rings. The molecule has 0 aliphatic carbocycles. The molecular weight excluding hydrogens is 430 g/mol. The van der Waals surface area contributed by atoms with Crippen LogP contribution >= 0.6 is 0 Å². The normalized spacial score (nSPS) is 20.9. The summed E-state index contributed by atoms with van der Waals surface area (Å²) in [6.45, 7) is 2.67. The molecule has 3 heterocycles. The summed E-state index contributed by atoms with van der Waals surface area (Å²) in [6, 6.07) is 14.1. The van der Waals surface area contributed by atoms with Gasteiger partial charge in [0.2, 0.25) is 5.91 Å². The van der Waals surface area contributed by atoms with Crippen LogP contribution in [0.25, 0.3) is 0 Å². The minimum Gasteiger partial charge on any atom is -0.497 e. The molecule has 3 aliphatic heterocycles. The number of amides is 1. The van der Waals surface area contributed by atoms with Gasteiger partial charge in [0.05, 0.1) is 25.4 Å². The Labute approximate surface area is 199 Å². The van der Waals surface area contributed by atoms with E-state index in [1.165, 1.54) is 0 Å². The maximum atomic E-state index is 13.2. The average Bonchev–Trinajstić information content (AvgIpc) is 3.39. The molecule has 0 radical (unpaired) electrons. The lowest BCUT2D eigenvalue weighted by molar-refractivity contribution is -0.131. The van der Waals surface area contributed by atoms with Gasteiger partial charge >= 0.3 is 0 Å². The van der Waals surface area contributed by atoms with Crippen LogP contribution in [0, 0.1) is 5.92 Å². The molecule has 0 N–H and O–H groups in total. The number of carbonyl (C=O) groups is 2. The molecule has 34 heavy (non-hydrogen) atoms. The molecule has 1 amide bonds. The Hall–Kier alpha value is -3.32. The van der Waals surface area contributed by atoms with Crippen LogP contribution in [0.3, 0.4) is 0 Å². The molecule has 2 aromatic carbocycles. The minimum atomic E-state index is -0.130. The second-order valence-corrected chi connectivity index (χ2v) is 9.27. The maximum absolute atomic E-state index is 13.2. The van der Waals surface area contributed by atoms with Crippen LogP contribution in [-0.4, -0.2) is 66.5 Å². The molecule has 0 bridgehead atoms. The van der Waals surface area contributed by atoms with Gasteiger partial charge in [0.1, 0.15) is 5.75 Å². The summed E-state index contributed by atoms with van der Waals surface area (Å²) in [4.78, 5) is 47.0. The lowest BCUT2D eigenvalue weighted by atomic mass is 9.88. The Kier molecular flexibility index (Phi) is 6.28. The highest BCUT2D eigenvalue weighted by Crippen LogP contribution is 2.28. The van der Waals surface area contributed by atoms with Crippen molar-refractivity contribution in [2.24, 2.45) is 10.9 Å². The Morgan fingerprint density at radius 1 is 1.00 bits per heavy atom. The van der Waals surface area contributed by atoms with Crippen molar-refractivity contribution in [2.75, 3.05) is 33.3 Å². The van der Waals surface area contributed by atoms with E-state index in [-0.39, 0.29) is 29.1 Å². The number of aliphatic imine (C=N–C) groups is 1. The summed E-state index contributed by atoms with van der Waals surface area (Å²) >= 11 is 0. The Morgan fingerprint density at radius 2 is 1.74 bits per heavy atom. The summed E-state index contributed by atoms with van der Waals surface area (Å²) in [5, 5.41) is 0. The van der Waals surface area contributed by atoms with Crippen molar-refractivity contribution in [3.05, 3.63) is 69.9 Å². The van der Waals surface area contributed by atoms with E-state index in [0.717, 1.165) is 55.1 Å². The monoisotopic (exact) mass is 459 g/mol. The third-order valence-electron chi connectivity index (χ3n) is 7.24. The topological polar surface area (TPSA) is 79.3 Å². The number of nitrogens with zero attached hydrogens (tertiary/aromatic N) is 3. The van der Waals surface area contributed by atoms with Crippen molar-refractivity contribution in [2.45, 2.75) is 31.7 Å². The number of hydrogen-bond donors (Lipinski definition) is 0. The Morgan fingerprint density at radius 3 is 2.47 bits per heavy atom. The molecule has 0 saturated carbocycles. The van der Waals surface area contributed by atoms with Gasteiger partial charge in [0.25, 0.3) is 0 Å². The van der Waals surface area contributed by atoms with Crippen LogP contribution in [0.1, 0.15) is 35.2 Å². The van der Waals surface area contributed by atoms with Crippen LogP contribution in [0.15, 0.2) is 58.3 Å². The van der Waals surface area contributed by atoms with E-state index in [1.54, 1.807) is 19.2 Å². The molecule has 0 aromatic heterocycles. The number of ketones is 1. The van der Waals surface area contributed by atoms with Gasteiger partial charge in [-0.15, -0.1) is 0 Å². The number of rotatable bonds is 6. The highest BCUT2D eigenvalue weighted by molar-refractivity contribution is 5.99. The number of benzene rings is 1. The summed E-state index contributed by atoms with van der Waals surface area (Å²) in [6.07, 6.45) is 2.83. The van der Waals surface area contributed by atoms with Gasteiger partial charge in [-0.05, 0) is 68.8 Å². The van der Waals surface area contributed by atoms with E-state index in [4.69, 9.17) is 4.74 Å². The quantitative estimate of drug-likeness (QED) is 0.621. The zero-order valence-electron chi connectivity index (χ0n) is 19.4. The summed E-state index contributed by atoms with van der Waals surface area (Å²) in [5.74, 6) is 1.04. The van der Waals surface area contributed by atoms with Crippen molar-refractivity contribution in [1.82, 2.24) is 9.80 Å². The molecule has 0 spiro atoms. The first-order chi connectivity index (χ1) is 16.5. The second kappa shape index (κ2) is 9.50. The second-order valence-electron chi connectivity index (χ2n) is 9.27. The Balaban J connectivity index is 1.16. The largest absolute Gasteiger partial charge is 0.497 e. The highest BCUT2D eigenvalue weighted by Gasteiger charge is 2.39.